The van der Waals surface area contributed by atoms with Gasteiger partial charge in [0.05, 0.1) is 24.7 Å². The fourth-order valence-electron chi connectivity index (χ4n) is 3.03. The molecule has 29 heavy (non-hydrogen) atoms. The lowest BCUT2D eigenvalue weighted by Crippen LogP contribution is -2.33. The molecule has 1 aliphatic rings. The zero-order valence-corrected chi connectivity index (χ0v) is 17.6. The van der Waals surface area contributed by atoms with E-state index in [9.17, 15) is 8.42 Å². The Labute approximate surface area is 172 Å². The topological polar surface area (TPSA) is 61.8 Å². The molecule has 0 saturated carbocycles. The van der Waals surface area contributed by atoms with Crippen LogP contribution >= 0.6 is 0 Å². The molecule has 1 saturated heterocycles. The monoisotopic (exact) mass is 414 g/mol. The average Bonchev–Trinajstić information content (AvgIpc) is 2.73. The number of methoxy groups -OCH3 is 1. The van der Waals surface area contributed by atoms with Crippen LogP contribution < -0.4 is 4.74 Å². The maximum absolute atomic E-state index is 12.5. The normalized spacial score (nSPS) is 23.3. The van der Waals surface area contributed by atoms with Gasteiger partial charge in [-0.05, 0) is 36.8 Å². The first-order chi connectivity index (χ1) is 13.9. The predicted octanol–water partition coefficient (Wildman–Crippen LogP) is 4.68. The van der Waals surface area contributed by atoms with Gasteiger partial charge in [-0.3, -0.25) is 0 Å². The van der Waals surface area contributed by atoms with Crippen LogP contribution in [0.5, 0.6) is 5.75 Å². The van der Waals surface area contributed by atoms with Crippen molar-refractivity contribution >= 4 is 9.84 Å². The van der Waals surface area contributed by atoms with Gasteiger partial charge in [-0.25, -0.2) is 8.42 Å². The Hall–Kier alpha value is -2.41. The van der Waals surface area contributed by atoms with Crippen molar-refractivity contribution in [3.8, 4) is 5.75 Å². The smallest absolute Gasteiger partial charge is 0.200 e. The van der Waals surface area contributed by atoms with Crippen LogP contribution in [0.2, 0.25) is 0 Å². The molecule has 1 aliphatic heterocycles. The third-order valence-electron chi connectivity index (χ3n) is 4.70. The van der Waals surface area contributed by atoms with E-state index in [0.29, 0.717) is 12.2 Å². The summed E-state index contributed by atoms with van der Waals surface area (Å²) in [6, 6.07) is 16.0. The molecule has 0 bridgehead atoms. The van der Waals surface area contributed by atoms with Crippen molar-refractivity contribution in [3.05, 3.63) is 83.3 Å². The number of ether oxygens (including phenoxy) is 3. The van der Waals surface area contributed by atoms with E-state index in [1.54, 1.807) is 50.4 Å². The van der Waals surface area contributed by atoms with Crippen LogP contribution in [-0.4, -0.2) is 28.2 Å². The van der Waals surface area contributed by atoms with E-state index in [2.05, 4.69) is 0 Å². The fourth-order valence-corrected chi connectivity index (χ4v) is 4.27. The van der Waals surface area contributed by atoms with Crippen LogP contribution in [-0.2, 0) is 19.3 Å². The third kappa shape index (κ3) is 5.56. The van der Waals surface area contributed by atoms with Gasteiger partial charge in [0.2, 0.25) is 0 Å². The molecule has 3 atom stereocenters. The van der Waals surface area contributed by atoms with Crippen molar-refractivity contribution in [2.24, 2.45) is 5.92 Å². The van der Waals surface area contributed by atoms with E-state index in [0.717, 1.165) is 11.3 Å². The summed E-state index contributed by atoms with van der Waals surface area (Å²) >= 11 is 0. The van der Waals surface area contributed by atoms with Crippen LogP contribution in [0.3, 0.4) is 0 Å². The minimum atomic E-state index is -3.48. The number of allylic oxidation sites excluding steroid dienone is 2. The molecule has 3 rings (SSSR count). The summed E-state index contributed by atoms with van der Waals surface area (Å²) in [5.74, 6) is 0.925. The molecule has 0 N–H and O–H groups in total. The van der Waals surface area contributed by atoms with Gasteiger partial charge in [0, 0.05) is 16.9 Å². The number of hydrogen-bond acceptors (Lipinski definition) is 5. The summed E-state index contributed by atoms with van der Waals surface area (Å²) in [5.41, 5.74) is 1.55. The highest BCUT2D eigenvalue weighted by molar-refractivity contribution is 7.94. The van der Waals surface area contributed by atoms with Crippen LogP contribution in [0.15, 0.2) is 82.6 Å². The molecule has 6 heteroatoms. The van der Waals surface area contributed by atoms with Gasteiger partial charge in [-0.2, -0.15) is 0 Å². The Kier molecular flexibility index (Phi) is 6.90. The summed E-state index contributed by atoms with van der Waals surface area (Å²) in [4.78, 5) is 0.281. The SMILES string of the molecule is COc1ccc([C@H]2OC[C@@H](C)[C@@H](/C=C/C(C)=C/S(=O)(=O)c3ccccc3)O2)cc1. The van der Waals surface area contributed by atoms with Gasteiger partial charge in [0.25, 0.3) is 0 Å². The first-order valence-corrected chi connectivity index (χ1v) is 11.0. The number of sulfone groups is 1. The largest absolute Gasteiger partial charge is 0.497 e. The fraction of sp³-hybridized carbons (Fsp3) is 0.304. The second kappa shape index (κ2) is 9.39. The maximum Gasteiger partial charge on any atom is 0.200 e. The molecule has 5 nitrogen and oxygen atoms in total. The lowest BCUT2D eigenvalue weighted by Gasteiger charge is -2.33. The lowest BCUT2D eigenvalue weighted by molar-refractivity contribution is -0.225. The summed E-state index contributed by atoms with van der Waals surface area (Å²) in [7, 11) is -1.85. The van der Waals surface area contributed by atoms with Crippen molar-refractivity contribution in [1.29, 1.82) is 0 Å². The molecule has 154 valence electrons. The van der Waals surface area contributed by atoms with Gasteiger partial charge in [-0.15, -0.1) is 0 Å². The summed E-state index contributed by atoms with van der Waals surface area (Å²) in [6.07, 6.45) is 3.04. The van der Waals surface area contributed by atoms with Gasteiger partial charge in [0.15, 0.2) is 16.1 Å². The zero-order chi connectivity index (χ0) is 20.9. The zero-order valence-electron chi connectivity index (χ0n) is 16.8. The van der Waals surface area contributed by atoms with E-state index < -0.39 is 16.1 Å². The number of rotatable bonds is 6. The van der Waals surface area contributed by atoms with E-state index >= 15 is 0 Å². The Morgan fingerprint density at radius 3 is 2.45 bits per heavy atom. The minimum absolute atomic E-state index is 0.152. The summed E-state index contributed by atoms with van der Waals surface area (Å²) < 4.78 is 42.0. The van der Waals surface area contributed by atoms with Gasteiger partial charge < -0.3 is 14.2 Å². The van der Waals surface area contributed by atoms with E-state index in [1.807, 2.05) is 37.3 Å². The van der Waals surface area contributed by atoms with Crippen LogP contribution in [0, 0.1) is 5.92 Å². The van der Waals surface area contributed by atoms with Crippen LogP contribution in [0.1, 0.15) is 25.7 Å². The lowest BCUT2D eigenvalue weighted by atomic mass is 10.0. The molecule has 2 aromatic rings. The quantitative estimate of drug-likeness (QED) is 0.643. The Balaban J connectivity index is 1.71. The van der Waals surface area contributed by atoms with Crippen LogP contribution in [0.4, 0.5) is 0 Å². The van der Waals surface area contributed by atoms with Gasteiger partial charge in [-0.1, -0.05) is 49.4 Å². The number of hydrogen-bond donors (Lipinski definition) is 0. The Bertz CT molecular complexity index is 962. The summed E-state index contributed by atoms with van der Waals surface area (Å²) in [6.45, 7) is 4.36. The van der Waals surface area contributed by atoms with E-state index in [4.69, 9.17) is 14.2 Å². The van der Waals surface area contributed by atoms with Crippen molar-refractivity contribution < 1.29 is 22.6 Å². The molecule has 0 radical (unpaired) electrons. The Morgan fingerprint density at radius 1 is 1.10 bits per heavy atom. The third-order valence-corrected chi connectivity index (χ3v) is 6.31. The first kappa shape index (κ1) is 21.3. The molecule has 0 amide bonds. The van der Waals surface area contributed by atoms with Crippen molar-refractivity contribution in [3.63, 3.8) is 0 Å². The molecular formula is C23H26O5S. The van der Waals surface area contributed by atoms with E-state index in [-0.39, 0.29) is 16.9 Å². The minimum Gasteiger partial charge on any atom is -0.497 e. The highest BCUT2D eigenvalue weighted by Crippen LogP contribution is 2.31. The molecule has 2 aromatic carbocycles. The Morgan fingerprint density at radius 2 is 1.79 bits per heavy atom. The molecule has 1 fully saturated rings. The van der Waals surface area contributed by atoms with Gasteiger partial charge >= 0.3 is 0 Å². The highest BCUT2D eigenvalue weighted by Gasteiger charge is 2.28. The molecule has 0 unspecified atom stereocenters. The first-order valence-electron chi connectivity index (χ1n) is 9.46. The second-order valence-electron chi connectivity index (χ2n) is 7.10. The van der Waals surface area contributed by atoms with Crippen molar-refractivity contribution in [2.45, 2.75) is 31.1 Å². The highest BCUT2D eigenvalue weighted by atomic mass is 32.2. The van der Waals surface area contributed by atoms with E-state index in [1.165, 1.54) is 5.41 Å². The molecular weight excluding hydrogens is 388 g/mol. The molecule has 0 aromatic heterocycles. The predicted molar refractivity (Wildman–Crippen MR) is 112 cm³/mol. The number of benzene rings is 2. The second-order valence-corrected chi connectivity index (χ2v) is 8.89. The molecule has 0 aliphatic carbocycles. The van der Waals surface area contributed by atoms with Crippen molar-refractivity contribution in [2.75, 3.05) is 13.7 Å². The molecule has 1 heterocycles. The van der Waals surface area contributed by atoms with Gasteiger partial charge in [0.1, 0.15) is 5.75 Å². The average molecular weight is 415 g/mol. The summed E-state index contributed by atoms with van der Waals surface area (Å²) in [5, 5.41) is 1.28. The standard InChI is InChI=1S/C23H26O5S/c1-17(16-29(24,25)21-7-5-4-6-8-21)9-14-22-18(2)15-27-23(28-22)19-10-12-20(26-3)13-11-19/h4-14,16,18,22-23H,15H2,1-3H3/b14-9+,17-16+/t18-,22-,23+/m1/s1. The molecule has 0 spiro atoms. The maximum atomic E-state index is 12.5. The van der Waals surface area contributed by atoms with Crippen molar-refractivity contribution in [1.82, 2.24) is 0 Å². The van der Waals surface area contributed by atoms with Crippen LogP contribution in [0.25, 0.3) is 0 Å².